The zero-order valence-electron chi connectivity index (χ0n) is 31.3. The molecule has 0 aromatic carbocycles. The van der Waals surface area contributed by atoms with Crippen LogP contribution < -0.4 is 0 Å². The first kappa shape index (κ1) is 47.0. The van der Waals surface area contributed by atoms with Gasteiger partial charge in [-0.25, -0.2) is 0 Å². The lowest BCUT2D eigenvalue weighted by Crippen LogP contribution is -2.21. The Hall–Kier alpha value is -1.14. The molecule has 0 spiro atoms. The molecule has 46 heavy (non-hydrogen) atoms. The first-order valence-electron chi connectivity index (χ1n) is 20.0. The van der Waals surface area contributed by atoms with Crippen molar-refractivity contribution in [3.05, 3.63) is 0 Å². The van der Waals surface area contributed by atoms with Crippen LogP contribution >= 0.6 is 0 Å². The van der Waals surface area contributed by atoms with Crippen molar-refractivity contribution in [2.75, 3.05) is 13.2 Å². The van der Waals surface area contributed by atoms with Crippen molar-refractivity contribution in [2.45, 2.75) is 233 Å². The fourth-order valence-corrected chi connectivity index (χ4v) is 5.56. The zero-order valence-corrected chi connectivity index (χ0v) is 31.3. The topological polar surface area (TPSA) is 93.1 Å². The second-order valence-corrected chi connectivity index (χ2v) is 13.8. The molecule has 6 heteroatoms. The summed E-state index contributed by atoms with van der Waals surface area (Å²) in [4.78, 5) is 22.7. The summed E-state index contributed by atoms with van der Waals surface area (Å²) in [6, 6.07) is 0. The van der Waals surface area contributed by atoms with E-state index in [1.807, 2.05) is 13.8 Å². The molecule has 6 nitrogen and oxygen atoms in total. The van der Waals surface area contributed by atoms with E-state index >= 15 is 0 Å². The lowest BCUT2D eigenvalue weighted by molar-refractivity contribution is -0.148. The largest absolute Gasteiger partial charge is 0.463 e. The number of aliphatic hydroxyl groups is 2. The Morgan fingerprint density at radius 1 is 0.478 bits per heavy atom. The average Bonchev–Trinajstić information content (AvgIpc) is 3.03. The summed E-state index contributed by atoms with van der Waals surface area (Å²) >= 11 is 0. The zero-order chi connectivity index (χ0) is 34.4. The Kier molecular flexibility index (Phi) is 40.9. The third-order valence-corrected chi connectivity index (χ3v) is 8.48. The molecule has 0 heterocycles. The maximum Gasteiger partial charge on any atom is 0.306 e. The third kappa shape index (κ3) is 42.9. The van der Waals surface area contributed by atoms with Gasteiger partial charge in [-0.15, -0.1) is 0 Å². The van der Waals surface area contributed by atoms with Gasteiger partial charge in [0.1, 0.15) is 12.7 Å². The fourth-order valence-electron chi connectivity index (χ4n) is 5.56. The van der Waals surface area contributed by atoms with Crippen molar-refractivity contribution in [3.63, 3.8) is 0 Å². The van der Waals surface area contributed by atoms with Crippen LogP contribution in [0.5, 0.6) is 0 Å². The molecule has 0 saturated heterocycles. The van der Waals surface area contributed by atoms with Crippen molar-refractivity contribution in [1.29, 1.82) is 0 Å². The van der Waals surface area contributed by atoms with E-state index in [9.17, 15) is 9.59 Å². The maximum absolute atomic E-state index is 11.4. The molecule has 2 N–H and O–H groups in total. The standard InChI is InChI=1S/C21H42O4.C19H38O2/c1-2-3-4-5-6-7-8-9-10-11-12-13-14-15-16-17-21(24)25-19-20(23)18-22;1-4-5-6-7-8-9-10-11-12-13-14-15-16-17-19(20)21-18(2)3/h20,22-23H,2-19H2,1H3;18H,4-17H2,1-3H3. The predicted octanol–water partition coefficient (Wildman–Crippen LogP) is 11.6. The van der Waals surface area contributed by atoms with E-state index in [-0.39, 0.29) is 31.3 Å². The van der Waals surface area contributed by atoms with E-state index in [0.29, 0.717) is 12.8 Å². The van der Waals surface area contributed by atoms with Crippen molar-refractivity contribution in [2.24, 2.45) is 0 Å². The minimum atomic E-state index is -0.954. The van der Waals surface area contributed by atoms with Gasteiger partial charge in [-0.2, -0.15) is 0 Å². The summed E-state index contributed by atoms with van der Waals surface area (Å²) in [5.41, 5.74) is 0. The highest BCUT2D eigenvalue weighted by molar-refractivity contribution is 5.69. The quantitative estimate of drug-likeness (QED) is 0.0529. The molecule has 0 aliphatic heterocycles. The molecule has 0 aliphatic rings. The Labute approximate surface area is 286 Å². The molecule has 1 atom stereocenters. The number of esters is 2. The van der Waals surface area contributed by atoms with Crippen LogP contribution in [0.15, 0.2) is 0 Å². The number of ether oxygens (including phenoxy) is 2. The van der Waals surface area contributed by atoms with Crippen LogP contribution in [-0.4, -0.2) is 47.6 Å². The molecule has 0 amide bonds. The van der Waals surface area contributed by atoms with Crippen LogP contribution in [0.3, 0.4) is 0 Å². The highest BCUT2D eigenvalue weighted by Gasteiger charge is 2.07. The molecule has 276 valence electrons. The number of aliphatic hydroxyl groups excluding tert-OH is 2. The lowest BCUT2D eigenvalue weighted by atomic mass is 10.0. The van der Waals surface area contributed by atoms with Crippen LogP contribution in [0.1, 0.15) is 220 Å². The number of carbonyl (C=O) groups is 2. The average molecular weight is 657 g/mol. The molecule has 1 unspecified atom stereocenters. The minimum absolute atomic E-state index is 0.0273. The predicted molar refractivity (Wildman–Crippen MR) is 195 cm³/mol. The summed E-state index contributed by atoms with van der Waals surface area (Å²) in [5, 5.41) is 17.7. The molecule has 0 bridgehead atoms. The van der Waals surface area contributed by atoms with E-state index in [2.05, 4.69) is 13.8 Å². The van der Waals surface area contributed by atoms with E-state index in [4.69, 9.17) is 19.7 Å². The first-order chi connectivity index (χ1) is 22.4. The van der Waals surface area contributed by atoms with Gasteiger partial charge in [0.25, 0.3) is 0 Å². The Morgan fingerprint density at radius 3 is 1.04 bits per heavy atom. The fraction of sp³-hybridized carbons (Fsp3) is 0.950. The number of hydrogen-bond donors (Lipinski definition) is 2. The molecule has 0 saturated carbocycles. The van der Waals surface area contributed by atoms with Gasteiger partial charge >= 0.3 is 11.9 Å². The van der Waals surface area contributed by atoms with Gasteiger partial charge in [0, 0.05) is 12.8 Å². The van der Waals surface area contributed by atoms with Crippen LogP contribution in [0.4, 0.5) is 0 Å². The van der Waals surface area contributed by atoms with Gasteiger partial charge in [0.15, 0.2) is 0 Å². The molecule has 0 aliphatic carbocycles. The summed E-state index contributed by atoms with van der Waals surface area (Å²) in [5.74, 6) is -0.310. The van der Waals surface area contributed by atoms with Gasteiger partial charge < -0.3 is 19.7 Å². The van der Waals surface area contributed by atoms with Crippen molar-refractivity contribution in [3.8, 4) is 0 Å². The number of hydrogen-bond acceptors (Lipinski definition) is 6. The summed E-state index contributed by atoms with van der Waals surface area (Å²) < 4.78 is 9.98. The normalized spacial score (nSPS) is 11.7. The second-order valence-electron chi connectivity index (χ2n) is 13.8. The Balaban J connectivity index is 0. The van der Waals surface area contributed by atoms with Crippen molar-refractivity contribution < 1.29 is 29.3 Å². The highest BCUT2D eigenvalue weighted by atomic mass is 16.5. The molecular formula is C40H80O6. The monoisotopic (exact) mass is 657 g/mol. The molecular weight excluding hydrogens is 576 g/mol. The van der Waals surface area contributed by atoms with Gasteiger partial charge in [0.05, 0.1) is 12.7 Å². The highest BCUT2D eigenvalue weighted by Crippen LogP contribution is 2.15. The lowest BCUT2D eigenvalue weighted by Gasteiger charge is -2.08. The second kappa shape index (κ2) is 40.0. The number of unbranched alkanes of at least 4 members (excludes halogenated alkanes) is 26. The smallest absolute Gasteiger partial charge is 0.306 e. The molecule has 0 aromatic heterocycles. The van der Waals surface area contributed by atoms with Crippen LogP contribution in [-0.2, 0) is 19.1 Å². The van der Waals surface area contributed by atoms with E-state index in [1.54, 1.807) is 0 Å². The van der Waals surface area contributed by atoms with E-state index < -0.39 is 6.10 Å². The van der Waals surface area contributed by atoms with Crippen LogP contribution in [0, 0.1) is 0 Å². The van der Waals surface area contributed by atoms with Crippen LogP contribution in [0.25, 0.3) is 0 Å². The minimum Gasteiger partial charge on any atom is -0.463 e. The Morgan fingerprint density at radius 2 is 0.761 bits per heavy atom. The van der Waals surface area contributed by atoms with E-state index in [1.165, 1.54) is 161 Å². The molecule has 0 rings (SSSR count). The van der Waals surface area contributed by atoms with Gasteiger partial charge in [0.2, 0.25) is 0 Å². The van der Waals surface area contributed by atoms with Gasteiger partial charge in [-0.3, -0.25) is 9.59 Å². The van der Waals surface area contributed by atoms with Crippen molar-refractivity contribution >= 4 is 11.9 Å². The Bertz CT molecular complexity index is 609. The van der Waals surface area contributed by atoms with Crippen LogP contribution in [0.2, 0.25) is 0 Å². The first-order valence-corrected chi connectivity index (χ1v) is 20.0. The molecule has 0 fully saturated rings. The number of carbonyl (C=O) groups excluding carboxylic acids is 2. The molecule has 0 aromatic rings. The summed E-state index contributed by atoms with van der Waals surface area (Å²) in [7, 11) is 0. The summed E-state index contributed by atoms with van der Waals surface area (Å²) in [6.07, 6.45) is 37.0. The SMILES string of the molecule is CCCCCCCCCCCCCCCC(=O)OC(C)C.CCCCCCCCCCCCCCCCCC(=O)OCC(O)CO. The number of rotatable bonds is 34. The molecule has 0 radical (unpaired) electrons. The third-order valence-electron chi connectivity index (χ3n) is 8.48. The van der Waals surface area contributed by atoms with E-state index in [0.717, 1.165) is 19.3 Å². The van der Waals surface area contributed by atoms with Gasteiger partial charge in [-0.1, -0.05) is 181 Å². The summed E-state index contributed by atoms with van der Waals surface area (Å²) in [6.45, 7) is 7.87. The maximum atomic E-state index is 11.4. The van der Waals surface area contributed by atoms with Gasteiger partial charge in [-0.05, 0) is 26.7 Å². The van der Waals surface area contributed by atoms with Crippen molar-refractivity contribution in [1.82, 2.24) is 0 Å².